The third-order valence-corrected chi connectivity index (χ3v) is 5.47. The van der Waals surface area contributed by atoms with E-state index in [1.165, 1.54) is 11.3 Å². The molecule has 1 aliphatic rings. The van der Waals surface area contributed by atoms with Crippen LogP contribution in [0.5, 0.6) is 11.5 Å². The van der Waals surface area contributed by atoms with Crippen molar-refractivity contribution in [2.75, 3.05) is 13.3 Å². The molecule has 2 heterocycles. The van der Waals surface area contributed by atoms with Crippen LogP contribution < -0.4 is 14.8 Å². The lowest BCUT2D eigenvalue weighted by Crippen LogP contribution is -2.24. The zero-order chi connectivity index (χ0) is 15.7. The highest BCUT2D eigenvalue weighted by molar-refractivity contribution is 7.17. The number of aliphatic hydroxyl groups excluding tert-OH is 1. The highest BCUT2D eigenvalue weighted by Crippen LogP contribution is 2.36. The predicted octanol–water partition coefficient (Wildman–Crippen LogP) is 4.17. The second-order valence-corrected chi connectivity index (χ2v) is 7.12. The Hall–Kier alpha value is -0.980. The van der Waals surface area contributed by atoms with Crippen LogP contribution in [0, 0.1) is 0 Å². The van der Waals surface area contributed by atoms with Crippen molar-refractivity contribution in [2.45, 2.75) is 19.1 Å². The third-order valence-electron chi connectivity index (χ3n) is 3.51. The average molecular weight is 360 g/mol. The number of fused-ring (bicyclic) bond motifs is 1. The molecule has 118 valence electrons. The van der Waals surface area contributed by atoms with Crippen LogP contribution in [-0.2, 0) is 0 Å². The normalized spacial score (nSPS) is 15.8. The Morgan fingerprint density at radius 3 is 2.77 bits per heavy atom. The van der Waals surface area contributed by atoms with Crippen molar-refractivity contribution in [3.63, 3.8) is 0 Å². The van der Waals surface area contributed by atoms with Gasteiger partial charge in [0.15, 0.2) is 11.5 Å². The minimum absolute atomic E-state index is 0.0649. The van der Waals surface area contributed by atoms with Crippen molar-refractivity contribution < 1.29 is 14.6 Å². The van der Waals surface area contributed by atoms with Gasteiger partial charge in [0.1, 0.15) is 10.4 Å². The first kappa shape index (κ1) is 15.9. The van der Waals surface area contributed by atoms with Crippen LogP contribution in [0.4, 0.5) is 0 Å². The van der Waals surface area contributed by atoms with Crippen molar-refractivity contribution in [3.05, 3.63) is 44.1 Å². The van der Waals surface area contributed by atoms with Gasteiger partial charge in [-0.15, -0.1) is 11.3 Å². The smallest absolute Gasteiger partial charge is 0.231 e. The molecule has 2 N–H and O–H groups in total. The van der Waals surface area contributed by atoms with Gasteiger partial charge in [-0.2, -0.15) is 0 Å². The maximum atomic E-state index is 10.2. The molecular weight excluding hydrogens is 345 g/mol. The average Bonchev–Trinajstić information content (AvgIpc) is 3.10. The molecule has 0 fully saturated rings. The van der Waals surface area contributed by atoms with E-state index in [1.54, 1.807) is 6.07 Å². The van der Waals surface area contributed by atoms with Crippen LogP contribution in [-0.4, -0.2) is 18.4 Å². The molecule has 0 amide bonds. The summed E-state index contributed by atoms with van der Waals surface area (Å²) in [5.74, 6) is 1.52. The third kappa shape index (κ3) is 3.34. The fourth-order valence-corrected chi connectivity index (χ4v) is 3.60. The molecule has 2 atom stereocenters. The Balaban J connectivity index is 1.61. The molecule has 0 aliphatic carbocycles. The topological polar surface area (TPSA) is 50.7 Å². The van der Waals surface area contributed by atoms with Crippen molar-refractivity contribution in [3.8, 4) is 11.5 Å². The lowest BCUT2D eigenvalue weighted by Gasteiger charge is -2.17. The van der Waals surface area contributed by atoms with Crippen LogP contribution >= 0.6 is 34.5 Å². The quantitative estimate of drug-likeness (QED) is 0.841. The van der Waals surface area contributed by atoms with Crippen molar-refractivity contribution >= 4 is 34.5 Å². The SMILES string of the molecule is CC(NCC(O)c1cc(Cl)c(Cl)s1)c1ccc2c(c1)OCO2. The molecule has 4 nitrogen and oxygen atoms in total. The molecule has 2 aromatic rings. The summed E-state index contributed by atoms with van der Waals surface area (Å²) in [6, 6.07) is 7.59. The molecule has 3 rings (SSSR count). The van der Waals surface area contributed by atoms with Crippen molar-refractivity contribution in [2.24, 2.45) is 0 Å². The fourth-order valence-electron chi connectivity index (χ4n) is 2.22. The van der Waals surface area contributed by atoms with E-state index >= 15 is 0 Å². The van der Waals surface area contributed by atoms with Gasteiger partial charge in [-0.05, 0) is 30.7 Å². The molecule has 1 aromatic heterocycles. The molecule has 7 heteroatoms. The zero-order valence-corrected chi connectivity index (χ0v) is 14.1. The number of aliphatic hydroxyl groups is 1. The van der Waals surface area contributed by atoms with E-state index in [4.69, 9.17) is 32.7 Å². The van der Waals surface area contributed by atoms with Gasteiger partial charge in [0.05, 0.1) is 5.02 Å². The van der Waals surface area contributed by atoms with E-state index in [2.05, 4.69) is 5.32 Å². The molecular formula is C15H15Cl2NO3S. The van der Waals surface area contributed by atoms with E-state index in [9.17, 15) is 5.11 Å². The highest BCUT2D eigenvalue weighted by atomic mass is 35.5. The first-order valence-corrected chi connectivity index (χ1v) is 8.37. The number of rotatable bonds is 5. The summed E-state index contributed by atoms with van der Waals surface area (Å²) in [5.41, 5.74) is 1.07. The monoisotopic (exact) mass is 359 g/mol. The summed E-state index contributed by atoms with van der Waals surface area (Å²) in [5, 5.41) is 14.0. The number of ether oxygens (including phenoxy) is 2. The molecule has 1 aromatic carbocycles. The van der Waals surface area contributed by atoms with Crippen LogP contribution in [0.2, 0.25) is 9.36 Å². The summed E-state index contributed by atoms with van der Waals surface area (Å²) < 4.78 is 11.2. The summed E-state index contributed by atoms with van der Waals surface area (Å²) >= 11 is 13.1. The number of hydrogen-bond donors (Lipinski definition) is 2. The Morgan fingerprint density at radius 1 is 1.27 bits per heavy atom. The van der Waals surface area contributed by atoms with Crippen molar-refractivity contribution in [1.82, 2.24) is 5.32 Å². The highest BCUT2D eigenvalue weighted by Gasteiger charge is 2.17. The molecule has 0 spiro atoms. The van der Waals surface area contributed by atoms with Gasteiger partial charge < -0.3 is 19.9 Å². The van der Waals surface area contributed by atoms with Gasteiger partial charge >= 0.3 is 0 Å². The minimum atomic E-state index is -0.647. The number of hydrogen-bond acceptors (Lipinski definition) is 5. The van der Waals surface area contributed by atoms with Crippen LogP contribution in [0.25, 0.3) is 0 Å². The van der Waals surface area contributed by atoms with Crippen LogP contribution in [0.1, 0.15) is 29.5 Å². The van der Waals surface area contributed by atoms with Crippen LogP contribution in [0.15, 0.2) is 24.3 Å². The van der Waals surface area contributed by atoms with Gasteiger partial charge in [0, 0.05) is 17.5 Å². The van der Waals surface area contributed by atoms with Crippen LogP contribution in [0.3, 0.4) is 0 Å². The summed E-state index contributed by atoms with van der Waals surface area (Å²) in [6.45, 7) is 2.70. The maximum Gasteiger partial charge on any atom is 0.231 e. The number of benzene rings is 1. The Morgan fingerprint density at radius 2 is 2.05 bits per heavy atom. The van der Waals surface area contributed by atoms with E-state index in [-0.39, 0.29) is 12.8 Å². The first-order chi connectivity index (χ1) is 10.5. The minimum Gasteiger partial charge on any atom is -0.454 e. The lowest BCUT2D eigenvalue weighted by atomic mass is 10.1. The Labute approximate surface area is 142 Å². The van der Waals surface area contributed by atoms with Gasteiger partial charge in [0.25, 0.3) is 0 Å². The van der Waals surface area contributed by atoms with Gasteiger partial charge in [-0.25, -0.2) is 0 Å². The van der Waals surface area contributed by atoms with E-state index < -0.39 is 6.10 Å². The van der Waals surface area contributed by atoms with Gasteiger partial charge in [-0.1, -0.05) is 29.3 Å². The molecule has 22 heavy (non-hydrogen) atoms. The molecule has 2 unspecified atom stereocenters. The van der Waals surface area contributed by atoms with E-state index in [0.717, 1.165) is 21.9 Å². The number of thiophene rings is 1. The van der Waals surface area contributed by atoms with E-state index in [0.29, 0.717) is 15.9 Å². The largest absolute Gasteiger partial charge is 0.454 e. The predicted molar refractivity (Wildman–Crippen MR) is 88.3 cm³/mol. The Bertz CT molecular complexity index is 657. The number of nitrogens with one attached hydrogen (secondary N) is 1. The standard InChI is InChI=1S/C15H15Cl2NO3S/c1-8(9-2-3-12-13(4-9)21-7-20-12)18-6-11(19)14-5-10(16)15(17)22-14/h2-5,8,11,18-19H,6-7H2,1H3. The van der Waals surface area contributed by atoms with Crippen molar-refractivity contribution in [1.29, 1.82) is 0 Å². The maximum absolute atomic E-state index is 10.2. The molecule has 0 bridgehead atoms. The lowest BCUT2D eigenvalue weighted by molar-refractivity contribution is 0.173. The molecule has 0 saturated carbocycles. The van der Waals surface area contributed by atoms with Gasteiger partial charge in [0.2, 0.25) is 6.79 Å². The first-order valence-electron chi connectivity index (χ1n) is 6.80. The second kappa shape index (κ2) is 6.64. The second-order valence-electron chi connectivity index (χ2n) is 5.03. The van der Waals surface area contributed by atoms with Gasteiger partial charge in [-0.3, -0.25) is 0 Å². The molecule has 0 radical (unpaired) electrons. The number of halogens is 2. The summed E-state index contributed by atoms with van der Waals surface area (Å²) in [7, 11) is 0. The molecule has 1 aliphatic heterocycles. The molecule has 0 saturated heterocycles. The fraction of sp³-hybridized carbons (Fsp3) is 0.333. The Kier molecular flexibility index (Phi) is 4.80. The van der Waals surface area contributed by atoms with E-state index in [1.807, 2.05) is 25.1 Å². The zero-order valence-electron chi connectivity index (χ0n) is 11.8. The summed E-state index contributed by atoms with van der Waals surface area (Å²) in [4.78, 5) is 0.750. The summed E-state index contributed by atoms with van der Waals surface area (Å²) in [6.07, 6.45) is -0.647.